The van der Waals surface area contributed by atoms with Gasteiger partial charge in [-0.2, -0.15) is 0 Å². The number of fused-ring (bicyclic) bond motifs is 1. The van der Waals surface area contributed by atoms with Gasteiger partial charge in [0, 0.05) is 27.2 Å². The van der Waals surface area contributed by atoms with Gasteiger partial charge in [0.1, 0.15) is 29.6 Å². The number of hydrogen-bond acceptors (Lipinski definition) is 5. The molecular weight excluding hydrogens is 490 g/mol. The molecule has 1 fully saturated rings. The van der Waals surface area contributed by atoms with Gasteiger partial charge in [-0.05, 0) is 105 Å². The van der Waals surface area contributed by atoms with Crippen LogP contribution in [0.25, 0.3) is 21.9 Å². The van der Waals surface area contributed by atoms with Gasteiger partial charge in [0.15, 0.2) is 0 Å². The largest absolute Gasteiger partial charge is 0.497 e. The van der Waals surface area contributed by atoms with Crippen molar-refractivity contribution in [2.24, 2.45) is 0 Å². The van der Waals surface area contributed by atoms with Gasteiger partial charge in [-0.25, -0.2) is 0 Å². The van der Waals surface area contributed by atoms with Crippen molar-refractivity contribution in [2.75, 3.05) is 33.4 Å². The van der Waals surface area contributed by atoms with E-state index in [1.54, 1.807) is 7.11 Å². The molecule has 0 N–H and O–H groups in total. The Morgan fingerprint density at radius 3 is 2.22 bits per heavy atom. The summed E-state index contributed by atoms with van der Waals surface area (Å²) in [6, 6.07) is 20.7. The number of nitrogens with zero attached hydrogens (tertiary/aromatic N) is 1. The van der Waals surface area contributed by atoms with Gasteiger partial charge in [0.05, 0.1) is 7.11 Å². The molecule has 0 amide bonds. The number of hydrogen-bond donors (Lipinski definition) is 0. The fourth-order valence-corrected chi connectivity index (χ4v) is 5.76. The average Bonchev–Trinajstić information content (AvgIpc) is 3.23. The highest BCUT2D eigenvalue weighted by Gasteiger charge is 2.16. The zero-order valence-electron chi connectivity index (χ0n) is 21.2. The number of benzene rings is 3. The van der Waals surface area contributed by atoms with E-state index in [0.29, 0.717) is 6.61 Å². The lowest BCUT2D eigenvalue weighted by Gasteiger charge is -2.26. The summed E-state index contributed by atoms with van der Waals surface area (Å²) in [5, 5.41) is 2.15. The summed E-state index contributed by atoms with van der Waals surface area (Å²) < 4.78 is 18.0. The van der Waals surface area contributed by atoms with Crippen LogP contribution in [0.1, 0.15) is 29.0 Å². The minimum absolute atomic E-state index is 0. The van der Waals surface area contributed by atoms with E-state index in [-0.39, 0.29) is 12.4 Å². The quantitative estimate of drug-likeness (QED) is 0.232. The maximum Gasteiger partial charge on any atom is 0.143 e. The van der Waals surface area contributed by atoms with Gasteiger partial charge >= 0.3 is 0 Å². The van der Waals surface area contributed by atoms with Crippen LogP contribution in [-0.2, 0) is 0 Å². The molecule has 0 radical (unpaired) electrons. The highest BCUT2D eigenvalue weighted by molar-refractivity contribution is 7.12. The van der Waals surface area contributed by atoms with Crippen molar-refractivity contribution in [1.82, 2.24) is 4.90 Å². The smallest absolute Gasteiger partial charge is 0.143 e. The standard InChI is InChI=1S/C30H33NO3S.ClH/c1-21-19-29(22(2)35-21)28-13-7-23-20-26(32-3)12-14-27(23)30(28)34-25-10-8-24(9-11-25)33-18-17-31-15-5-4-6-16-31;/h7-14,19-20H,4-6,15-18H2,1-3H3;1H. The molecule has 2 heterocycles. The molecule has 36 heavy (non-hydrogen) atoms. The minimum atomic E-state index is 0. The Morgan fingerprint density at radius 1 is 0.806 bits per heavy atom. The van der Waals surface area contributed by atoms with Gasteiger partial charge in [0.2, 0.25) is 0 Å². The van der Waals surface area contributed by atoms with Crippen molar-refractivity contribution in [3.05, 3.63) is 70.4 Å². The predicted molar refractivity (Wildman–Crippen MR) is 153 cm³/mol. The van der Waals surface area contributed by atoms with Crippen LogP contribution in [-0.4, -0.2) is 38.3 Å². The first kappa shape index (κ1) is 26.3. The number of ether oxygens (including phenoxy) is 3. The van der Waals surface area contributed by atoms with Crippen LogP contribution in [0.3, 0.4) is 0 Å². The first-order chi connectivity index (χ1) is 17.1. The first-order valence-electron chi connectivity index (χ1n) is 12.4. The van der Waals surface area contributed by atoms with E-state index in [1.165, 1.54) is 47.7 Å². The summed E-state index contributed by atoms with van der Waals surface area (Å²) in [5.41, 5.74) is 2.32. The third-order valence-electron chi connectivity index (χ3n) is 6.68. The zero-order valence-corrected chi connectivity index (χ0v) is 22.8. The molecule has 0 spiro atoms. The SMILES string of the molecule is COc1ccc2c(Oc3ccc(OCCN4CCCCC4)cc3)c(-c3cc(C)sc3C)ccc2c1.Cl. The summed E-state index contributed by atoms with van der Waals surface area (Å²) in [4.78, 5) is 5.08. The van der Waals surface area contributed by atoms with Gasteiger partial charge in [-0.1, -0.05) is 12.5 Å². The summed E-state index contributed by atoms with van der Waals surface area (Å²) in [7, 11) is 1.70. The molecule has 0 unspecified atom stereocenters. The predicted octanol–water partition coefficient (Wildman–Crippen LogP) is 8.27. The molecule has 0 atom stereocenters. The Labute approximate surface area is 224 Å². The molecule has 5 rings (SSSR count). The second-order valence-electron chi connectivity index (χ2n) is 9.18. The van der Waals surface area contributed by atoms with E-state index in [2.05, 4.69) is 49.1 Å². The Balaban J connectivity index is 0.00000304. The first-order valence-corrected chi connectivity index (χ1v) is 13.2. The van der Waals surface area contributed by atoms with Gasteiger partial charge in [-0.3, -0.25) is 4.90 Å². The van der Waals surface area contributed by atoms with Gasteiger partial charge in [-0.15, -0.1) is 23.7 Å². The number of likely N-dealkylation sites (tertiary alicyclic amines) is 1. The van der Waals surface area contributed by atoms with E-state index in [1.807, 2.05) is 41.7 Å². The molecular formula is C30H34ClNO3S. The molecule has 190 valence electrons. The van der Waals surface area contributed by atoms with Crippen LogP contribution in [0.5, 0.6) is 23.0 Å². The van der Waals surface area contributed by atoms with Crippen molar-refractivity contribution in [2.45, 2.75) is 33.1 Å². The van der Waals surface area contributed by atoms with E-state index >= 15 is 0 Å². The maximum absolute atomic E-state index is 6.57. The Bertz CT molecular complexity index is 1300. The van der Waals surface area contributed by atoms with Gasteiger partial charge < -0.3 is 14.2 Å². The number of halogens is 1. The van der Waals surface area contributed by atoms with Crippen molar-refractivity contribution >= 4 is 34.5 Å². The van der Waals surface area contributed by atoms with Crippen molar-refractivity contribution in [3.63, 3.8) is 0 Å². The lowest BCUT2D eigenvalue weighted by atomic mass is 9.99. The maximum atomic E-state index is 6.57. The lowest BCUT2D eigenvalue weighted by molar-refractivity contribution is 0.183. The third kappa shape index (κ3) is 5.97. The van der Waals surface area contributed by atoms with Crippen LogP contribution in [0.15, 0.2) is 60.7 Å². The molecule has 4 aromatic rings. The molecule has 1 aromatic heterocycles. The fraction of sp³-hybridized carbons (Fsp3) is 0.333. The Kier molecular flexibility index (Phi) is 8.78. The minimum Gasteiger partial charge on any atom is -0.497 e. The zero-order chi connectivity index (χ0) is 24.2. The summed E-state index contributed by atoms with van der Waals surface area (Å²) in [6.07, 6.45) is 3.97. The molecule has 0 saturated carbocycles. The molecule has 1 aliphatic heterocycles. The number of piperidine rings is 1. The summed E-state index contributed by atoms with van der Waals surface area (Å²) >= 11 is 1.81. The van der Waals surface area contributed by atoms with E-state index in [9.17, 15) is 0 Å². The van der Waals surface area contributed by atoms with Crippen molar-refractivity contribution in [1.29, 1.82) is 0 Å². The second kappa shape index (κ2) is 12.0. The van der Waals surface area contributed by atoms with Crippen LogP contribution >= 0.6 is 23.7 Å². The Morgan fingerprint density at radius 2 is 1.53 bits per heavy atom. The lowest BCUT2D eigenvalue weighted by Crippen LogP contribution is -2.33. The van der Waals surface area contributed by atoms with E-state index in [4.69, 9.17) is 14.2 Å². The van der Waals surface area contributed by atoms with E-state index in [0.717, 1.165) is 45.9 Å². The number of aryl methyl sites for hydroxylation is 2. The van der Waals surface area contributed by atoms with Crippen LogP contribution in [0, 0.1) is 13.8 Å². The second-order valence-corrected chi connectivity index (χ2v) is 10.6. The van der Waals surface area contributed by atoms with Crippen molar-refractivity contribution in [3.8, 4) is 34.1 Å². The molecule has 0 bridgehead atoms. The summed E-state index contributed by atoms with van der Waals surface area (Å²) in [5.74, 6) is 3.37. The molecule has 0 aliphatic carbocycles. The third-order valence-corrected chi connectivity index (χ3v) is 7.64. The normalized spacial score (nSPS) is 13.9. The molecule has 4 nitrogen and oxygen atoms in total. The topological polar surface area (TPSA) is 30.9 Å². The van der Waals surface area contributed by atoms with Crippen LogP contribution in [0.2, 0.25) is 0 Å². The molecule has 1 saturated heterocycles. The Hall–Kier alpha value is -2.73. The highest BCUT2D eigenvalue weighted by atomic mass is 35.5. The van der Waals surface area contributed by atoms with Crippen LogP contribution < -0.4 is 14.2 Å². The molecule has 1 aliphatic rings. The number of methoxy groups -OCH3 is 1. The monoisotopic (exact) mass is 523 g/mol. The molecule has 6 heteroatoms. The fourth-order valence-electron chi connectivity index (χ4n) is 4.82. The number of rotatable bonds is 8. The van der Waals surface area contributed by atoms with E-state index < -0.39 is 0 Å². The molecule has 3 aromatic carbocycles. The van der Waals surface area contributed by atoms with Crippen LogP contribution in [0.4, 0.5) is 0 Å². The average molecular weight is 524 g/mol. The van der Waals surface area contributed by atoms with Gasteiger partial charge in [0.25, 0.3) is 0 Å². The van der Waals surface area contributed by atoms with Crippen molar-refractivity contribution < 1.29 is 14.2 Å². The highest BCUT2D eigenvalue weighted by Crippen LogP contribution is 2.43. The summed E-state index contributed by atoms with van der Waals surface area (Å²) in [6.45, 7) is 8.41. The number of thiophene rings is 1.